The van der Waals surface area contributed by atoms with E-state index < -0.39 is 11.2 Å². The lowest BCUT2D eigenvalue weighted by Gasteiger charge is -2.27. The summed E-state index contributed by atoms with van der Waals surface area (Å²) in [5.74, 6) is 1.67. The van der Waals surface area contributed by atoms with Gasteiger partial charge in [-0.15, -0.1) is 0 Å². The van der Waals surface area contributed by atoms with Crippen LogP contribution < -0.4 is 19.3 Å². The van der Waals surface area contributed by atoms with Crippen LogP contribution in [0, 0.1) is 68.0 Å². The summed E-state index contributed by atoms with van der Waals surface area (Å²) in [7, 11) is 3.34. The molecule has 2 atom stereocenters. The van der Waals surface area contributed by atoms with Crippen molar-refractivity contribution < 1.29 is 23.7 Å². The molecular weight excluding hydrogens is 1010 g/mol. The number of carbonyl (C=O) groups excluding carboxylic acids is 1. The lowest BCUT2D eigenvalue weighted by atomic mass is 9.86. The van der Waals surface area contributed by atoms with E-state index in [9.17, 15) is 25.8 Å². The highest BCUT2D eigenvalue weighted by Crippen LogP contribution is 2.48. The Kier molecular flexibility index (Phi) is 26.1. The van der Waals surface area contributed by atoms with Gasteiger partial charge in [0.15, 0.2) is 33.9 Å². The molecule has 2 aliphatic heterocycles. The lowest BCUT2D eigenvalue weighted by molar-refractivity contribution is -0.104. The number of hydrogen-bond donors (Lipinski definition) is 0. The first-order valence-electron chi connectivity index (χ1n) is 27.5. The molecule has 0 aliphatic carbocycles. The van der Waals surface area contributed by atoms with Crippen molar-refractivity contribution in [3.63, 3.8) is 0 Å². The maximum Gasteiger partial charge on any atom is 0.172 e. The molecule has 0 aromatic heterocycles. The van der Waals surface area contributed by atoms with E-state index in [0.29, 0.717) is 11.1 Å². The summed E-state index contributed by atoms with van der Waals surface area (Å²) in [5.41, 5.74) is 5.32. The van der Waals surface area contributed by atoms with E-state index in [2.05, 4.69) is 73.9 Å². The van der Waals surface area contributed by atoms with Crippen LogP contribution >= 0.6 is 0 Å². The summed E-state index contributed by atoms with van der Waals surface area (Å²) < 4.78 is 23.2. The highest BCUT2D eigenvalue weighted by Gasteiger charge is 2.44. The molecule has 0 bridgehead atoms. The normalized spacial score (nSPS) is 16.0. The summed E-state index contributed by atoms with van der Waals surface area (Å²) in [5, 5.41) is 56.2. The second-order valence-corrected chi connectivity index (χ2v) is 19.3. The third kappa shape index (κ3) is 16.5. The Hall–Kier alpha value is -9.53. The summed E-state index contributed by atoms with van der Waals surface area (Å²) in [4.78, 5) is 15.3. The topological polar surface area (TPSA) is 203 Å². The Balaban J connectivity index is 0.000000289. The summed E-state index contributed by atoms with van der Waals surface area (Å²) >= 11 is 0. The number of ether oxygens (including phenoxy) is 4. The van der Waals surface area contributed by atoms with E-state index in [1.807, 2.05) is 117 Å². The molecular formula is C68H74N8O5. The van der Waals surface area contributed by atoms with E-state index in [4.69, 9.17) is 29.5 Å². The van der Waals surface area contributed by atoms with Gasteiger partial charge in [-0.1, -0.05) is 138 Å². The monoisotopic (exact) mass is 1080 g/mol. The molecule has 2 heterocycles. The average molecular weight is 1080 g/mol. The van der Waals surface area contributed by atoms with Gasteiger partial charge in [-0.3, -0.25) is 4.79 Å². The van der Waals surface area contributed by atoms with Crippen molar-refractivity contribution in [3.05, 3.63) is 189 Å². The fourth-order valence-corrected chi connectivity index (χ4v) is 9.17. The van der Waals surface area contributed by atoms with Crippen molar-refractivity contribution in [3.8, 4) is 47.9 Å². The molecule has 6 rings (SSSR count). The van der Waals surface area contributed by atoms with Crippen molar-refractivity contribution in [2.75, 3.05) is 50.2 Å². The Morgan fingerprint density at radius 3 is 1.30 bits per heavy atom. The van der Waals surface area contributed by atoms with Gasteiger partial charge < -0.3 is 28.7 Å². The Morgan fingerprint density at radius 1 is 0.531 bits per heavy atom. The Morgan fingerprint density at radius 2 is 0.914 bits per heavy atom. The van der Waals surface area contributed by atoms with Crippen molar-refractivity contribution in [1.82, 2.24) is 0 Å². The smallest absolute Gasteiger partial charge is 0.172 e. The number of allylic oxidation sites excluding steroid dienone is 7. The molecule has 0 spiro atoms. The van der Waals surface area contributed by atoms with Crippen LogP contribution in [0.4, 0.5) is 11.4 Å². The van der Waals surface area contributed by atoms with Crippen molar-refractivity contribution in [2.24, 2.45) is 0 Å². The maximum atomic E-state index is 10.5. The number of hydrogen-bond acceptors (Lipinski definition) is 13. The average Bonchev–Trinajstić information content (AvgIpc) is 4.04. The van der Waals surface area contributed by atoms with Gasteiger partial charge in [-0.2, -0.15) is 31.6 Å². The van der Waals surface area contributed by atoms with E-state index in [0.717, 1.165) is 97.6 Å². The number of methoxy groups -OCH3 is 2. The number of unbranched alkanes of at least 4 members (excludes halogenated alkanes) is 4. The molecule has 13 heteroatoms. The van der Waals surface area contributed by atoms with Gasteiger partial charge in [-0.05, 0) is 99.6 Å². The van der Waals surface area contributed by atoms with Gasteiger partial charge in [0.1, 0.15) is 59.8 Å². The number of nitriles is 6. The molecule has 0 N–H and O–H groups in total. The number of nitrogens with zero attached hydrogens (tertiary/aromatic N) is 8. The minimum Gasteiger partial charge on any atom is -0.496 e. The zero-order chi connectivity index (χ0) is 59.2. The largest absolute Gasteiger partial charge is 0.496 e. The summed E-state index contributed by atoms with van der Waals surface area (Å²) in [6, 6.07) is 42.8. The molecule has 0 fully saturated rings. The quantitative estimate of drug-likeness (QED) is 0.0294. The predicted molar refractivity (Wildman–Crippen MR) is 321 cm³/mol. The fraction of sp³-hybridized carbons (Fsp3) is 0.338. The molecule has 4 aromatic rings. The molecule has 0 radical (unpaired) electrons. The first kappa shape index (κ1) is 64.0. The lowest BCUT2D eigenvalue weighted by Crippen LogP contribution is -2.25. The molecule has 0 saturated heterocycles. The van der Waals surface area contributed by atoms with E-state index in [1.165, 1.54) is 37.4 Å². The number of aldehydes is 1. The van der Waals surface area contributed by atoms with Gasteiger partial charge >= 0.3 is 0 Å². The van der Waals surface area contributed by atoms with Gasteiger partial charge in [-0.25, -0.2) is 0 Å². The second kappa shape index (κ2) is 33.0. The predicted octanol–water partition coefficient (Wildman–Crippen LogP) is 15.1. The van der Waals surface area contributed by atoms with Crippen LogP contribution in [-0.2, 0) is 25.5 Å². The Bertz CT molecular complexity index is 3230. The van der Waals surface area contributed by atoms with Gasteiger partial charge in [0.05, 0.1) is 19.8 Å². The third-order valence-corrected chi connectivity index (χ3v) is 14.0. The minimum absolute atomic E-state index is 0.00967. The molecule has 2 unspecified atom stereocenters. The van der Waals surface area contributed by atoms with Gasteiger partial charge in [0.25, 0.3) is 0 Å². The van der Waals surface area contributed by atoms with E-state index >= 15 is 0 Å². The summed E-state index contributed by atoms with van der Waals surface area (Å²) in [6.45, 7) is 18.5. The molecule has 2 aliphatic rings. The van der Waals surface area contributed by atoms with Crippen LogP contribution in [0.3, 0.4) is 0 Å². The zero-order valence-electron chi connectivity index (χ0n) is 48.4. The number of rotatable bonds is 23. The number of anilines is 2. The first-order chi connectivity index (χ1) is 39.3. The highest BCUT2D eigenvalue weighted by molar-refractivity contribution is 5.76. The van der Waals surface area contributed by atoms with E-state index in [1.54, 1.807) is 45.4 Å². The minimum atomic E-state index is -1.04. The van der Waals surface area contributed by atoms with Gasteiger partial charge in [0, 0.05) is 66.4 Å². The zero-order valence-corrected chi connectivity index (χ0v) is 48.4. The third-order valence-electron chi connectivity index (χ3n) is 14.0. The Labute approximate surface area is 480 Å². The number of carbonyl (C=O) groups is 1. The van der Waals surface area contributed by atoms with Crippen molar-refractivity contribution >= 4 is 29.8 Å². The molecule has 0 amide bonds. The summed E-state index contributed by atoms with van der Waals surface area (Å²) in [6.07, 6.45) is 20.9. The standard InChI is InChI=1S/C34H36N4O2.C18H27NO2.C16H11N3O/c1-5-7-20-38(21-8-6-2)29-19-18-26(32(22-29)39-4)14-12-13-17-31-30(25-37)33(27(23-35)24-36)40-34(31,3)28-15-10-9-11-16-28;1-4-6-12-19(13-7-5-2)17-11-10-16(9-8-14-20)18(15-17)21-3;1-11-14(10-19)15(12(8-17)9-18)20-16(11,2)13-6-4-3-5-7-13/h9-19,22H,5-8,20-21H2,1-4H3;8-11,14-15H,4-7,12-13H2,1-3H3;3-7H,1-2H3/b14-12+,17-13+;9-8+;. The van der Waals surface area contributed by atoms with Crippen LogP contribution in [0.2, 0.25) is 0 Å². The highest BCUT2D eigenvalue weighted by atomic mass is 16.5. The van der Waals surface area contributed by atoms with Crippen molar-refractivity contribution in [1.29, 1.82) is 31.6 Å². The van der Waals surface area contributed by atoms with Crippen LogP contribution in [0.1, 0.15) is 122 Å². The number of benzene rings is 4. The molecule has 416 valence electrons. The second-order valence-electron chi connectivity index (χ2n) is 19.3. The van der Waals surface area contributed by atoms with Crippen LogP contribution in [0.25, 0.3) is 12.2 Å². The molecule has 13 nitrogen and oxygen atoms in total. The molecule has 4 aromatic carbocycles. The fourth-order valence-electron chi connectivity index (χ4n) is 9.17. The van der Waals surface area contributed by atoms with Crippen LogP contribution in [-0.4, -0.2) is 46.7 Å². The maximum absolute atomic E-state index is 10.5. The van der Waals surface area contributed by atoms with Crippen molar-refractivity contribution in [2.45, 2.75) is 111 Å². The van der Waals surface area contributed by atoms with Crippen LogP contribution in [0.5, 0.6) is 11.5 Å². The molecule has 81 heavy (non-hydrogen) atoms. The van der Waals surface area contributed by atoms with Gasteiger partial charge in [0.2, 0.25) is 0 Å². The van der Waals surface area contributed by atoms with E-state index in [-0.39, 0.29) is 33.8 Å². The first-order valence-corrected chi connectivity index (χ1v) is 27.5. The molecule has 0 saturated carbocycles. The SMILES string of the molecule is CC1=C(C#N)C(=C(C#N)C#N)OC1(C)c1ccccc1.CCCCN(CCCC)c1ccc(/C=C/C=C/C2=C(C#N)C(=C(C#N)C#N)OC2(C)c2ccccc2)c(OC)c1.CCCCN(CCCC)c1ccc(/C=C/C=O)c(OC)c1. The van der Waals surface area contributed by atoms with Crippen LogP contribution in [0.15, 0.2) is 166 Å².